The third kappa shape index (κ3) is 8.05. The van der Waals surface area contributed by atoms with Gasteiger partial charge in [-0.2, -0.15) is 13.2 Å². The molecule has 4 rings (SSSR count). The van der Waals surface area contributed by atoms with E-state index >= 15 is 4.39 Å². The SMILES string of the molecule is COc1ccc2ncc(Cl)c([C@H](F)CCC3(CC(=O)O)CCN(CCCSc4ccccc4C(F)(F)F)CC3)c2c1. The van der Waals surface area contributed by atoms with E-state index in [1.807, 2.05) is 0 Å². The Balaban J connectivity index is 1.34. The van der Waals surface area contributed by atoms with E-state index in [4.69, 9.17) is 16.3 Å². The summed E-state index contributed by atoms with van der Waals surface area (Å²) in [5, 5.41) is 10.4. The number of hydrogen-bond donors (Lipinski definition) is 1. The number of piperidine rings is 1. The van der Waals surface area contributed by atoms with Crippen molar-refractivity contribution < 1.29 is 32.2 Å². The highest BCUT2D eigenvalue weighted by molar-refractivity contribution is 7.99. The number of carbonyl (C=O) groups is 1. The van der Waals surface area contributed by atoms with Crippen LogP contribution in [0.3, 0.4) is 0 Å². The van der Waals surface area contributed by atoms with Crippen LogP contribution in [-0.2, 0) is 11.0 Å². The fourth-order valence-corrected chi connectivity index (χ4v) is 6.85. The predicted octanol–water partition coefficient (Wildman–Crippen LogP) is 8.45. The zero-order valence-electron chi connectivity index (χ0n) is 22.7. The van der Waals surface area contributed by atoms with Gasteiger partial charge < -0.3 is 14.7 Å². The van der Waals surface area contributed by atoms with Crippen LogP contribution < -0.4 is 4.74 Å². The lowest BCUT2D eigenvalue weighted by atomic mass is 9.71. The number of ether oxygens (including phenoxy) is 1. The molecule has 1 aromatic heterocycles. The first kappa shape index (κ1) is 31.4. The van der Waals surface area contributed by atoms with Gasteiger partial charge in [-0.3, -0.25) is 9.78 Å². The highest BCUT2D eigenvalue weighted by Crippen LogP contribution is 2.44. The number of pyridine rings is 1. The van der Waals surface area contributed by atoms with Crippen molar-refractivity contribution in [3.63, 3.8) is 0 Å². The molecule has 222 valence electrons. The monoisotopic (exact) mass is 612 g/mol. The Morgan fingerprint density at radius 2 is 1.95 bits per heavy atom. The summed E-state index contributed by atoms with van der Waals surface area (Å²) in [4.78, 5) is 18.5. The van der Waals surface area contributed by atoms with E-state index < -0.39 is 29.3 Å². The van der Waals surface area contributed by atoms with Crippen molar-refractivity contribution in [1.82, 2.24) is 9.88 Å². The second-order valence-electron chi connectivity index (χ2n) is 10.5. The molecule has 0 bridgehead atoms. The summed E-state index contributed by atoms with van der Waals surface area (Å²) >= 11 is 7.58. The lowest BCUT2D eigenvalue weighted by Crippen LogP contribution is -2.41. The van der Waals surface area contributed by atoms with Gasteiger partial charge in [-0.25, -0.2) is 4.39 Å². The minimum Gasteiger partial charge on any atom is -0.497 e. The second kappa shape index (κ2) is 13.6. The quantitative estimate of drug-likeness (QED) is 0.126. The predicted molar refractivity (Wildman–Crippen MR) is 154 cm³/mol. The van der Waals surface area contributed by atoms with Gasteiger partial charge in [0.15, 0.2) is 0 Å². The molecule has 0 amide bonds. The number of carboxylic acid groups (broad SMARTS) is 1. The maximum Gasteiger partial charge on any atom is 0.417 e. The van der Waals surface area contributed by atoms with Crippen LogP contribution in [0.15, 0.2) is 53.6 Å². The number of halogens is 5. The topological polar surface area (TPSA) is 62.7 Å². The Kier molecular flexibility index (Phi) is 10.4. The van der Waals surface area contributed by atoms with Gasteiger partial charge in [-0.1, -0.05) is 23.7 Å². The molecule has 2 heterocycles. The Labute approximate surface area is 246 Å². The van der Waals surface area contributed by atoms with Gasteiger partial charge in [0.05, 0.1) is 29.6 Å². The van der Waals surface area contributed by atoms with Crippen molar-refractivity contribution in [2.45, 2.75) is 55.8 Å². The van der Waals surface area contributed by atoms with Crippen molar-refractivity contribution in [3.05, 3.63) is 64.8 Å². The maximum atomic E-state index is 15.8. The summed E-state index contributed by atoms with van der Waals surface area (Å²) in [6.07, 6.45) is -1.97. The Hall–Kier alpha value is -2.56. The van der Waals surface area contributed by atoms with Crippen LogP contribution in [0.1, 0.15) is 55.8 Å². The van der Waals surface area contributed by atoms with E-state index in [1.165, 1.54) is 37.2 Å². The Morgan fingerprint density at radius 1 is 1.22 bits per heavy atom. The largest absolute Gasteiger partial charge is 0.497 e. The zero-order valence-corrected chi connectivity index (χ0v) is 24.3. The molecule has 1 saturated heterocycles. The standard InChI is InChI=1S/C30H33ClF4N2O3S/c1-40-20-7-8-25-21(17-20)28(23(31)19-36-25)24(32)9-10-29(18-27(38)39)11-14-37(15-12-29)13-4-16-41-26-6-3-2-5-22(26)30(33,34)35/h2-3,5-8,17,19,24H,4,9-16,18H2,1H3,(H,38,39)/t24-/m1/s1. The molecule has 1 aliphatic heterocycles. The molecule has 1 N–H and O–H groups in total. The number of rotatable bonds is 12. The normalized spacial score (nSPS) is 16.5. The maximum absolute atomic E-state index is 15.8. The molecule has 1 aliphatic rings. The van der Waals surface area contributed by atoms with Gasteiger partial charge in [0.2, 0.25) is 0 Å². The van der Waals surface area contributed by atoms with Crippen molar-refractivity contribution in [3.8, 4) is 5.75 Å². The molecule has 0 aliphatic carbocycles. The molecule has 0 spiro atoms. The summed E-state index contributed by atoms with van der Waals surface area (Å²) in [7, 11) is 1.53. The average Bonchev–Trinajstić information content (AvgIpc) is 2.94. The van der Waals surface area contributed by atoms with E-state index in [1.54, 1.807) is 24.3 Å². The number of thioether (sulfide) groups is 1. The van der Waals surface area contributed by atoms with Crippen LogP contribution in [-0.4, -0.2) is 53.5 Å². The first-order chi connectivity index (χ1) is 19.5. The molecule has 2 aromatic carbocycles. The van der Waals surface area contributed by atoms with Gasteiger partial charge in [-0.15, -0.1) is 11.8 Å². The van der Waals surface area contributed by atoms with Crippen LogP contribution in [0.25, 0.3) is 10.9 Å². The molecular weight excluding hydrogens is 580 g/mol. The highest BCUT2D eigenvalue weighted by Gasteiger charge is 2.37. The fraction of sp³-hybridized carbons (Fsp3) is 0.467. The van der Waals surface area contributed by atoms with Gasteiger partial charge in [-0.05, 0) is 93.2 Å². The third-order valence-electron chi connectivity index (χ3n) is 7.82. The lowest BCUT2D eigenvalue weighted by Gasteiger charge is -2.41. The summed E-state index contributed by atoms with van der Waals surface area (Å²) in [5.41, 5.74) is -0.225. The Morgan fingerprint density at radius 3 is 2.63 bits per heavy atom. The third-order valence-corrected chi connectivity index (χ3v) is 9.28. The molecule has 11 heteroatoms. The number of aliphatic carboxylic acids is 1. The minimum absolute atomic E-state index is 0.0454. The Bertz CT molecular complexity index is 1350. The molecule has 0 radical (unpaired) electrons. The molecule has 1 atom stereocenters. The average molecular weight is 613 g/mol. The number of nitrogens with zero attached hydrogens (tertiary/aromatic N) is 2. The van der Waals surface area contributed by atoms with Crippen LogP contribution in [0.5, 0.6) is 5.75 Å². The first-order valence-electron chi connectivity index (χ1n) is 13.5. The summed E-state index contributed by atoms with van der Waals surface area (Å²) in [5.74, 6) is 0.192. The van der Waals surface area contributed by atoms with Gasteiger partial charge >= 0.3 is 12.1 Å². The number of aromatic nitrogens is 1. The minimum atomic E-state index is -4.38. The number of hydrogen-bond acceptors (Lipinski definition) is 5. The van der Waals surface area contributed by atoms with Gasteiger partial charge in [0, 0.05) is 22.0 Å². The molecule has 0 unspecified atom stereocenters. The van der Waals surface area contributed by atoms with Gasteiger partial charge in [0.1, 0.15) is 11.9 Å². The molecule has 3 aromatic rings. The van der Waals surface area contributed by atoms with Crippen molar-refractivity contribution in [2.75, 3.05) is 32.5 Å². The van der Waals surface area contributed by atoms with Crippen molar-refractivity contribution in [1.29, 1.82) is 0 Å². The first-order valence-corrected chi connectivity index (χ1v) is 14.9. The van der Waals surface area contributed by atoms with Crippen LogP contribution in [0, 0.1) is 5.41 Å². The molecule has 0 saturated carbocycles. The van der Waals surface area contributed by atoms with Crippen LogP contribution in [0.4, 0.5) is 17.6 Å². The summed E-state index contributed by atoms with van der Waals surface area (Å²) in [6, 6.07) is 10.8. The molecule has 41 heavy (non-hydrogen) atoms. The van der Waals surface area contributed by atoms with E-state index in [0.29, 0.717) is 73.3 Å². The van der Waals surface area contributed by atoms with Crippen molar-refractivity contribution in [2.24, 2.45) is 5.41 Å². The number of fused-ring (bicyclic) bond motifs is 1. The number of benzene rings is 2. The molecular formula is C30H33ClF4N2O3S. The molecule has 5 nitrogen and oxygen atoms in total. The summed E-state index contributed by atoms with van der Waals surface area (Å²) in [6.45, 7) is 2.02. The van der Waals surface area contributed by atoms with E-state index in [-0.39, 0.29) is 22.8 Å². The smallest absolute Gasteiger partial charge is 0.417 e. The molecule has 1 fully saturated rings. The van der Waals surface area contributed by atoms with Gasteiger partial charge in [0.25, 0.3) is 0 Å². The highest BCUT2D eigenvalue weighted by atomic mass is 35.5. The number of likely N-dealkylation sites (tertiary alicyclic amines) is 1. The lowest BCUT2D eigenvalue weighted by molar-refractivity contribution is -0.141. The van der Waals surface area contributed by atoms with E-state index in [9.17, 15) is 23.1 Å². The van der Waals surface area contributed by atoms with E-state index in [0.717, 1.165) is 6.07 Å². The number of alkyl halides is 4. The van der Waals surface area contributed by atoms with Crippen molar-refractivity contribution >= 4 is 40.2 Å². The van der Waals surface area contributed by atoms with E-state index in [2.05, 4.69) is 9.88 Å². The number of carboxylic acids is 1. The summed E-state index contributed by atoms with van der Waals surface area (Å²) < 4.78 is 60.8. The fourth-order valence-electron chi connectivity index (χ4n) is 5.57. The zero-order chi connectivity index (χ0) is 29.6. The van der Waals surface area contributed by atoms with Crippen LogP contribution >= 0.6 is 23.4 Å². The second-order valence-corrected chi connectivity index (χ2v) is 12.1. The number of methoxy groups -OCH3 is 1. The van der Waals surface area contributed by atoms with Crippen LogP contribution in [0.2, 0.25) is 5.02 Å².